The normalized spacial score (nSPS) is 11.7. The third-order valence-electron chi connectivity index (χ3n) is 1.75. The molecule has 0 radical (unpaired) electrons. The molecule has 0 fully saturated rings. The monoisotopic (exact) mass is 291 g/mol. The van der Waals surface area contributed by atoms with Crippen molar-refractivity contribution in [3.05, 3.63) is 32.8 Å². The molecule has 18 heavy (non-hydrogen) atoms. The lowest BCUT2D eigenvalue weighted by molar-refractivity contribution is -0.385. The minimum absolute atomic E-state index is 0.0730. The largest absolute Gasteiger partial charge is 0.433 e. The molecule has 0 aliphatic carbocycles. The molecule has 0 saturated carbocycles. The van der Waals surface area contributed by atoms with Crippen molar-refractivity contribution in [1.29, 1.82) is 0 Å². The van der Waals surface area contributed by atoms with Crippen LogP contribution in [0.25, 0.3) is 0 Å². The zero-order valence-corrected chi connectivity index (χ0v) is 8.93. The maximum Gasteiger partial charge on any atom is 0.420 e. The van der Waals surface area contributed by atoms with E-state index in [4.69, 9.17) is 11.6 Å². The van der Waals surface area contributed by atoms with Crippen molar-refractivity contribution in [3.63, 3.8) is 0 Å². The summed E-state index contributed by atoms with van der Waals surface area (Å²) in [4.78, 5) is 9.22. The molecule has 0 spiro atoms. The summed E-state index contributed by atoms with van der Waals surface area (Å²) in [7, 11) is 0. The molecule has 1 aromatic carbocycles. The third kappa shape index (κ3) is 3.19. The molecule has 0 saturated heterocycles. The molecule has 0 heterocycles. The van der Waals surface area contributed by atoms with E-state index in [0.29, 0.717) is 6.07 Å². The fourth-order valence-electron chi connectivity index (χ4n) is 1.10. The van der Waals surface area contributed by atoms with Gasteiger partial charge in [0.05, 0.1) is 9.95 Å². The Balaban J connectivity index is 3.45. The summed E-state index contributed by atoms with van der Waals surface area (Å²) < 4.78 is 65.1. The second-order valence-electron chi connectivity index (χ2n) is 2.94. The van der Waals surface area contributed by atoms with E-state index in [2.05, 4.69) is 4.74 Å². The zero-order chi connectivity index (χ0) is 14.1. The van der Waals surface area contributed by atoms with Gasteiger partial charge in [0.2, 0.25) is 0 Å². The molecule has 0 atom stereocenters. The van der Waals surface area contributed by atoms with Gasteiger partial charge in [-0.3, -0.25) is 10.1 Å². The molecular formula is C8H3ClF5NO3. The van der Waals surface area contributed by atoms with E-state index in [1.54, 1.807) is 0 Å². The van der Waals surface area contributed by atoms with Gasteiger partial charge < -0.3 is 4.74 Å². The lowest BCUT2D eigenvalue weighted by Crippen LogP contribution is -2.12. The lowest BCUT2D eigenvalue weighted by Gasteiger charge is -2.14. The molecule has 0 unspecified atom stereocenters. The van der Waals surface area contributed by atoms with Crippen LogP contribution in [0.3, 0.4) is 0 Å². The molecule has 0 amide bonds. The molecule has 1 rings (SSSR count). The van der Waals surface area contributed by atoms with Crippen molar-refractivity contribution in [2.75, 3.05) is 0 Å². The van der Waals surface area contributed by atoms with Gasteiger partial charge in [-0.25, -0.2) is 0 Å². The first-order chi connectivity index (χ1) is 8.12. The summed E-state index contributed by atoms with van der Waals surface area (Å²) in [5, 5.41) is 9.44. The Kier molecular flexibility index (Phi) is 3.95. The van der Waals surface area contributed by atoms with E-state index in [1.807, 2.05) is 0 Å². The van der Waals surface area contributed by atoms with Crippen LogP contribution in [-0.4, -0.2) is 11.5 Å². The number of nitro groups is 1. The zero-order valence-electron chi connectivity index (χ0n) is 8.17. The molecule has 0 bridgehead atoms. The van der Waals surface area contributed by atoms with Gasteiger partial charge in [-0.2, -0.15) is 22.0 Å². The van der Waals surface area contributed by atoms with Crippen LogP contribution >= 0.6 is 11.6 Å². The fourth-order valence-corrected chi connectivity index (χ4v) is 1.36. The van der Waals surface area contributed by atoms with Crippen LogP contribution in [0.4, 0.5) is 27.6 Å². The quantitative estimate of drug-likeness (QED) is 0.482. The number of ether oxygens (including phenoxy) is 1. The van der Waals surface area contributed by atoms with Gasteiger partial charge in [0, 0.05) is 12.1 Å². The van der Waals surface area contributed by atoms with Crippen LogP contribution < -0.4 is 4.74 Å². The second-order valence-corrected chi connectivity index (χ2v) is 3.34. The number of hydrogen-bond acceptors (Lipinski definition) is 3. The fraction of sp³-hybridized carbons (Fsp3) is 0.250. The van der Waals surface area contributed by atoms with Gasteiger partial charge in [0.1, 0.15) is 5.56 Å². The van der Waals surface area contributed by atoms with Crippen LogP contribution in [0.2, 0.25) is 5.02 Å². The van der Waals surface area contributed by atoms with Crippen molar-refractivity contribution >= 4 is 17.3 Å². The highest BCUT2D eigenvalue weighted by molar-refractivity contribution is 6.32. The minimum Gasteiger partial charge on any atom is -0.433 e. The summed E-state index contributed by atoms with van der Waals surface area (Å²) in [6.45, 7) is -3.54. The van der Waals surface area contributed by atoms with E-state index in [-0.39, 0.29) is 6.07 Å². The summed E-state index contributed by atoms with van der Waals surface area (Å²) in [5.41, 5.74) is -2.71. The molecule has 0 aliphatic rings. The van der Waals surface area contributed by atoms with Crippen molar-refractivity contribution in [2.45, 2.75) is 12.8 Å². The summed E-state index contributed by atoms with van der Waals surface area (Å²) in [6.07, 6.45) is -5.11. The Labute approximate surface area is 101 Å². The van der Waals surface area contributed by atoms with Gasteiger partial charge in [0.25, 0.3) is 5.69 Å². The molecule has 10 heteroatoms. The Morgan fingerprint density at radius 2 is 1.89 bits per heavy atom. The molecule has 0 N–H and O–H groups in total. The molecule has 4 nitrogen and oxygen atoms in total. The predicted octanol–water partition coefficient (Wildman–Crippen LogP) is 3.87. The van der Waals surface area contributed by atoms with E-state index in [9.17, 15) is 32.1 Å². The molecule has 100 valence electrons. The van der Waals surface area contributed by atoms with E-state index in [1.165, 1.54) is 0 Å². The first kappa shape index (κ1) is 14.4. The van der Waals surface area contributed by atoms with Gasteiger partial charge in [-0.15, -0.1) is 0 Å². The van der Waals surface area contributed by atoms with Crippen LogP contribution in [0.5, 0.6) is 5.75 Å². The van der Waals surface area contributed by atoms with Crippen LogP contribution in [-0.2, 0) is 6.18 Å². The number of alkyl halides is 5. The Hall–Kier alpha value is -1.64. The Morgan fingerprint density at radius 1 is 1.33 bits per heavy atom. The van der Waals surface area contributed by atoms with Crippen molar-refractivity contribution in [3.8, 4) is 5.75 Å². The number of non-ortho nitro benzene ring substituents is 1. The molecule has 1 aromatic rings. The maximum absolute atomic E-state index is 12.5. The average Bonchev–Trinajstić information content (AvgIpc) is 2.17. The average molecular weight is 292 g/mol. The standard InChI is InChI=1S/C8H3ClF5NO3/c9-5-2-3(15(16)17)1-4(8(12,13)14)6(5)18-7(10)11/h1-2,7H. The number of rotatable bonds is 3. The Bertz CT molecular complexity index is 477. The number of nitro benzene ring substituents is 1. The summed E-state index contributed by atoms with van der Waals surface area (Å²) >= 11 is 5.27. The number of halogens is 6. The summed E-state index contributed by atoms with van der Waals surface area (Å²) in [6, 6.07) is 0.568. The van der Waals surface area contributed by atoms with Crippen LogP contribution in [0.1, 0.15) is 5.56 Å². The molecular weight excluding hydrogens is 289 g/mol. The Morgan fingerprint density at radius 3 is 2.28 bits per heavy atom. The second kappa shape index (κ2) is 4.92. The first-order valence-corrected chi connectivity index (χ1v) is 4.50. The smallest absolute Gasteiger partial charge is 0.420 e. The van der Waals surface area contributed by atoms with E-state index < -0.39 is 39.7 Å². The van der Waals surface area contributed by atoms with Crippen molar-refractivity contribution in [1.82, 2.24) is 0 Å². The highest BCUT2D eigenvalue weighted by Crippen LogP contribution is 2.43. The van der Waals surface area contributed by atoms with Crippen molar-refractivity contribution < 1.29 is 31.6 Å². The van der Waals surface area contributed by atoms with Gasteiger partial charge in [-0.05, 0) is 0 Å². The van der Waals surface area contributed by atoms with Gasteiger partial charge in [0.15, 0.2) is 5.75 Å². The minimum atomic E-state index is -5.11. The predicted molar refractivity (Wildman–Crippen MR) is 49.7 cm³/mol. The summed E-state index contributed by atoms with van der Waals surface area (Å²) in [5.74, 6) is -1.34. The van der Waals surface area contributed by atoms with Gasteiger partial charge in [-0.1, -0.05) is 11.6 Å². The highest BCUT2D eigenvalue weighted by Gasteiger charge is 2.38. The molecule has 0 aliphatic heterocycles. The van der Waals surface area contributed by atoms with Crippen LogP contribution in [0.15, 0.2) is 12.1 Å². The highest BCUT2D eigenvalue weighted by atomic mass is 35.5. The number of hydrogen-bond donors (Lipinski definition) is 0. The number of benzene rings is 1. The third-order valence-corrected chi connectivity index (χ3v) is 2.03. The van der Waals surface area contributed by atoms with Crippen LogP contribution in [0, 0.1) is 10.1 Å². The van der Waals surface area contributed by atoms with E-state index >= 15 is 0 Å². The molecule has 0 aromatic heterocycles. The maximum atomic E-state index is 12.5. The SMILES string of the molecule is O=[N+]([O-])c1cc(Cl)c(OC(F)F)c(C(F)(F)F)c1. The van der Waals surface area contributed by atoms with Crippen molar-refractivity contribution in [2.24, 2.45) is 0 Å². The lowest BCUT2D eigenvalue weighted by atomic mass is 10.1. The first-order valence-electron chi connectivity index (χ1n) is 4.13. The van der Waals surface area contributed by atoms with E-state index in [0.717, 1.165) is 0 Å². The number of nitrogens with zero attached hydrogens (tertiary/aromatic N) is 1. The van der Waals surface area contributed by atoms with Gasteiger partial charge >= 0.3 is 12.8 Å². The topological polar surface area (TPSA) is 52.4 Å².